The van der Waals surface area contributed by atoms with Crippen LogP contribution in [0, 0.1) is 0 Å². The molecule has 1 aromatic heterocycles. The summed E-state index contributed by atoms with van der Waals surface area (Å²) in [6, 6.07) is 23.7. The highest BCUT2D eigenvalue weighted by atomic mass is 35.5. The molecule has 162 valence electrons. The van der Waals surface area contributed by atoms with E-state index in [-0.39, 0.29) is 15.7 Å². The van der Waals surface area contributed by atoms with Crippen LogP contribution < -0.4 is 9.62 Å². The van der Waals surface area contributed by atoms with E-state index in [1.807, 2.05) is 30.3 Å². The van der Waals surface area contributed by atoms with Gasteiger partial charge in [0.05, 0.1) is 10.6 Å². The van der Waals surface area contributed by atoms with Crippen molar-refractivity contribution in [3.05, 3.63) is 90.0 Å². The largest absolute Gasteiger partial charge is 0.299 e. The fourth-order valence-electron chi connectivity index (χ4n) is 2.93. The Morgan fingerprint density at radius 2 is 1.62 bits per heavy atom. The van der Waals surface area contributed by atoms with E-state index in [2.05, 4.69) is 15.5 Å². The van der Waals surface area contributed by atoms with Crippen LogP contribution in [-0.2, 0) is 14.8 Å². The molecule has 1 N–H and O–H groups in total. The molecule has 10 heteroatoms. The van der Waals surface area contributed by atoms with Crippen molar-refractivity contribution in [2.45, 2.75) is 4.90 Å². The van der Waals surface area contributed by atoms with E-state index in [4.69, 9.17) is 11.6 Å². The zero-order valence-corrected chi connectivity index (χ0v) is 18.9. The first kappa shape index (κ1) is 21.9. The molecule has 0 aliphatic heterocycles. The lowest BCUT2D eigenvalue weighted by atomic mass is 10.2. The highest BCUT2D eigenvalue weighted by Gasteiger charge is 2.27. The van der Waals surface area contributed by atoms with Crippen molar-refractivity contribution in [2.24, 2.45) is 0 Å². The second-order valence-corrected chi connectivity index (χ2v) is 9.91. The third-order valence-electron chi connectivity index (χ3n) is 4.41. The van der Waals surface area contributed by atoms with Crippen molar-refractivity contribution in [1.29, 1.82) is 0 Å². The summed E-state index contributed by atoms with van der Waals surface area (Å²) in [5.41, 5.74) is 1.15. The van der Waals surface area contributed by atoms with Crippen molar-refractivity contribution < 1.29 is 13.2 Å². The molecular weight excluding hydrogens is 468 g/mol. The molecule has 4 aromatic rings. The van der Waals surface area contributed by atoms with Crippen molar-refractivity contribution in [2.75, 3.05) is 16.2 Å². The number of aromatic nitrogens is 2. The number of benzene rings is 3. The van der Waals surface area contributed by atoms with E-state index in [0.29, 0.717) is 10.0 Å². The highest BCUT2D eigenvalue weighted by Crippen LogP contribution is 2.28. The number of carbonyl (C=O) groups is 1. The molecule has 4 rings (SSSR count). The molecule has 32 heavy (non-hydrogen) atoms. The molecule has 0 fully saturated rings. The van der Waals surface area contributed by atoms with Crippen LogP contribution in [0.1, 0.15) is 0 Å². The predicted octanol–water partition coefficient (Wildman–Crippen LogP) is 4.69. The summed E-state index contributed by atoms with van der Waals surface area (Å²) in [4.78, 5) is 12.9. The molecule has 0 bridgehead atoms. The first-order valence-corrected chi connectivity index (χ1v) is 12.1. The SMILES string of the molecule is O=C(CN(c1cccc(Cl)c1)S(=O)(=O)c1ccccc1)Nc1nnc(-c2ccccc2)s1. The van der Waals surface area contributed by atoms with Crippen LogP contribution in [0.15, 0.2) is 89.8 Å². The number of carbonyl (C=O) groups excluding carboxylic acids is 1. The summed E-state index contributed by atoms with van der Waals surface area (Å²) in [6.45, 7) is -0.460. The van der Waals surface area contributed by atoms with Crippen LogP contribution in [-0.4, -0.2) is 31.1 Å². The smallest absolute Gasteiger partial charge is 0.264 e. The van der Waals surface area contributed by atoms with Crippen LogP contribution in [0.2, 0.25) is 5.02 Å². The van der Waals surface area contributed by atoms with Gasteiger partial charge in [0, 0.05) is 10.6 Å². The molecule has 1 heterocycles. The summed E-state index contributed by atoms with van der Waals surface area (Å²) in [5, 5.41) is 12.0. The molecule has 0 saturated heterocycles. The van der Waals surface area contributed by atoms with E-state index in [1.54, 1.807) is 36.4 Å². The Morgan fingerprint density at radius 1 is 0.938 bits per heavy atom. The fraction of sp³-hybridized carbons (Fsp3) is 0.0455. The molecule has 0 aliphatic carbocycles. The van der Waals surface area contributed by atoms with Gasteiger partial charge >= 0.3 is 0 Å². The van der Waals surface area contributed by atoms with Gasteiger partial charge in [0.15, 0.2) is 0 Å². The van der Waals surface area contributed by atoms with E-state index in [9.17, 15) is 13.2 Å². The number of hydrogen-bond acceptors (Lipinski definition) is 6. The summed E-state index contributed by atoms with van der Waals surface area (Å²) in [6.07, 6.45) is 0. The fourth-order valence-corrected chi connectivity index (χ4v) is 5.31. The number of rotatable bonds is 7. The van der Waals surface area contributed by atoms with Crippen molar-refractivity contribution in [3.63, 3.8) is 0 Å². The lowest BCUT2D eigenvalue weighted by Gasteiger charge is -2.24. The van der Waals surface area contributed by atoms with Crippen LogP contribution in [0.5, 0.6) is 0 Å². The highest BCUT2D eigenvalue weighted by molar-refractivity contribution is 7.92. The molecule has 0 aliphatic rings. The predicted molar refractivity (Wildman–Crippen MR) is 126 cm³/mol. The molecule has 0 saturated carbocycles. The van der Waals surface area contributed by atoms with E-state index in [1.165, 1.54) is 29.5 Å². The normalized spacial score (nSPS) is 11.2. The van der Waals surface area contributed by atoms with Crippen molar-refractivity contribution >= 4 is 49.7 Å². The van der Waals surface area contributed by atoms with Gasteiger partial charge in [-0.15, -0.1) is 10.2 Å². The lowest BCUT2D eigenvalue weighted by molar-refractivity contribution is -0.114. The number of amides is 1. The molecule has 7 nitrogen and oxygen atoms in total. The molecule has 0 radical (unpaired) electrons. The summed E-state index contributed by atoms with van der Waals surface area (Å²) in [7, 11) is -4.01. The summed E-state index contributed by atoms with van der Waals surface area (Å²) in [5.74, 6) is -0.555. The van der Waals surface area contributed by atoms with Gasteiger partial charge in [0.1, 0.15) is 11.6 Å². The first-order chi connectivity index (χ1) is 15.4. The molecule has 0 spiro atoms. The number of anilines is 2. The van der Waals surface area contributed by atoms with Crippen LogP contribution in [0.25, 0.3) is 10.6 Å². The van der Waals surface area contributed by atoms with E-state index in [0.717, 1.165) is 9.87 Å². The topological polar surface area (TPSA) is 92.3 Å². The minimum Gasteiger partial charge on any atom is -0.299 e. The van der Waals surface area contributed by atoms with Crippen LogP contribution in [0.3, 0.4) is 0 Å². The van der Waals surface area contributed by atoms with Crippen LogP contribution >= 0.6 is 22.9 Å². The van der Waals surface area contributed by atoms with Gasteiger partial charge in [-0.3, -0.25) is 14.4 Å². The maximum absolute atomic E-state index is 13.3. The minimum atomic E-state index is -4.01. The maximum Gasteiger partial charge on any atom is 0.264 e. The number of nitrogens with zero attached hydrogens (tertiary/aromatic N) is 3. The van der Waals surface area contributed by atoms with Gasteiger partial charge in [-0.1, -0.05) is 77.5 Å². The maximum atomic E-state index is 13.3. The quantitative estimate of drug-likeness (QED) is 0.410. The Morgan fingerprint density at radius 3 is 2.31 bits per heavy atom. The van der Waals surface area contributed by atoms with Gasteiger partial charge in [-0.25, -0.2) is 8.42 Å². The zero-order chi connectivity index (χ0) is 22.6. The molecule has 0 unspecified atom stereocenters. The Bertz CT molecular complexity index is 1330. The van der Waals surface area contributed by atoms with E-state index < -0.39 is 22.5 Å². The monoisotopic (exact) mass is 484 g/mol. The van der Waals surface area contributed by atoms with Crippen molar-refractivity contribution in [1.82, 2.24) is 10.2 Å². The summed E-state index contributed by atoms with van der Waals surface area (Å²) < 4.78 is 27.6. The standard InChI is InChI=1S/C22H17ClN4O3S2/c23-17-10-7-11-18(14-17)27(32(29,30)19-12-5-2-6-13-19)15-20(28)24-22-26-25-21(31-22)16-8-3-1-4-9-16/h1-14H,15H2,(H,24,26,28). The second kappa shape index (κ2) is 9.47. The van der Waals surface area contributed by atoms with Gasteiger partial charge < -0.3 is 0 Å². The molecule has 1 amide bonds. The number of halogens is 1. The Labute approximate surface area is 194 Å². The Kier molecular flexibility index (Phi) is 6.50. The first-order valence-electron chi connectivity index (χ1n) is 9.45. The van der Waals surface area contributed by atoms with Gasteiger partial charge in [0.2, 0.25) is 11.0 Å². The second-order valence-electron chi connectivity index (χ2n) is 6.63. The lowest BCUT2D eigenvalue weighted by Crippen LogP contribution is -2.38. The molecule has 3 aromatic carbocycles. The third kappa shape index (κ3) is 4.96. The average molecular weight is 485 g/mol. The number of hydrogen-bond donors (Lipinski definition) is 1. The van der Waals surface area contributed by atoms with Gasteiger partial charge in [0.25, 0.3) is 10.0 Å². The number of nitrogens with one attached hydrogen (secondary N) is 1. The zero-order valence-electron chi connectivity index (χ0n) is 16.6. The van der Waals surface area contributed by atoms with Crippen LogP contribution in [0.4, 0.5) is 10.8 Å². The van der Waals surface area contributed by atoms with Gasteiger partial charge in [-0.05, 0) is 30.3 Å². The van der Waals surface area contributed by atoms with E-state index >= 15 is 0 Å². The molecule has 0 atom stereocenters. The van der Waals surface area contributed by atoms with Crippen molar-refractivity contribution in [3.8, 4) is 10.6 Å². The Hall–Kier alpha value is -3.27. The summed E-state index contributed by atoms with van der Waals surface area (Å²) >= 11 is 7.27. The molecular formula is C22H17ClN4O3S2. The van der Waals surface area contributed by atoms with Gasteiger partial charge in [-0.2, -0.15) is 0 Å². The number of sulfonamides is 1. The minimum absolute atomic E-state index is 0.0649. The average Bonchev–Trinajstić information content (AvgIpc) is 3.27. The Balaban J connectivity index is 1.59. The third-order valence-corrected chi connectivity index (χ3v) is 7.32.